The van der Waals surface area contributed by atoms with Gasteiger partial charge < -0.3 is 15.7 Å². The maximum atomic E-state index is 12.9. The molecule has 7 nitrogen and oxygen atoms in total. The molecule has 0 spiro atoms. The van der Waals surface area contributed by atoms with E-state index in [1.807, 2.05) is 6.92 Å². The molecule has 1 rings (SSSR count). The fraction of sp³-hybridized carbons (Fsp3) is 0.471. The van der Waals surface area contributed by atoms with E-state index in [9.17, 15) is 18.8 Å². The minimum atomic E-state index is -1.01. The van der Waals surface area contributed by atoms with Crippen molar-refractivity contribution in [2.75, 3.05) is 13.1 Å². The fourth-order valence-corrected chi connectivity index (χ4v) is 2.19. The first-order valence-corrected chi connectivity index (χ1v) is 8.11. The molecule has 26 heavy (non-hydrogen) atoms. The van der Waals surface area contributed by atoms with E-state index < -0.39 is 23.8 Å². The number of carbonyl (C=O) groups is 3. The van der Waals surface area contributed by atoms with Gasteiger partial charge >= 0.3 is 5.97 Å². The first kappa shape index (κ1) is 23.8. The predicted octanol–water partition coefficient (Wildman–Crippen LogP) is 1.38. The summed E-state index contributed by atoms with van der Waals surface area (Å²) in [5.74, 6) is -2.23. The molecule has 9 heteroatoms. The number of rotatable bonds is 10. The Morgan fingerprint density at radius 1 is 1.12 bits per heavy atom. The van der Waals surface area contributed by atoms with Gasteiger partial charge in [0.15, 0.2) is 0 Å². The van der Waals surface area contributed by atoms with Crippen LogP contribution in [0.3, 0.4) is 0 Å². The number of carbonyl (C=O) groups excluding carboxylic acids is 2. The van der Waals surface area contributed by atoms with Crippen molar-refractivity contribution in [3.05, 3.63) is 35.6 Å². The first-order chi connectivity index (χ1) is 11.8. The molecular weight excluding hydrogens is 365 g/mol. The summed E-state index contributed by atoms with van der Waals surface area (Å²) in [5, 5.41) is 16.7. The van der Waals surface area contributed by atoms with E-state index in [0.717, 1.165) is 5.56 Å². The van der Waals surface area contributed by atoms with Crippen LogP contribution in [0.1, 0.15) is 38.3 Å². The van der Waals surface area contributed by atoms with Crippen molar-refractivity contribution in [2.45, 2.75) is 38.8 Å². The molecule has 0 aliphatic heterocycles. The highest BCUT2D eigenvalue weighted by Gasteiger charge is 2.17. The first-order valence-electron chi connectivity index (χ1n) is 8.11. The lowest BCUT2D eigenvalue weighted by molar-refractivity contribution is -0.139. The van der Waals surface area contributed by atoms with Gasteiger partial charge in [0.2, 0.25) is 11.8 Å². The Morgan fingerprint density at radius 2 is 1.73 bits per heavy atom. The van der Waals surface area contributed by atoms with Crippen LogP contribution in [0.4, 0.5) is 4.39 Å². The zero-order valence-corrected chi connectivity index (χ0v) is 15.6. The van der Waals surface area contributed by atoms with Gasteiger partial charge in [-0.05, 0) is 31.0 Å². The Kier molecular flexibility index (Phi) is 11.2. The van der Waals surface area contributed by atoms with E-state index in [4.69, 9.17) is 5.11 Å². The predicted molar refractivity (Wildman–Crippen MR) is 97.5 cm³/mol. The summed E-state index contributed by atoms with van der Waals surface area (Å²) in [6, 6.07) is 4.64. The third-order valence-corrected chi connectivity index (χ3v) is 3.58. The molecule has 146 valence electrons. The van der Waals surface area contributed by atoms with Gasteiger partial charge in [0.1, 0.15) is 11.9 Å². The Bertz CT molecular complexity index is 598. The largest absolute Gasteiger partial charge is 0.480 e. The molecule has 1 aromatic carbocycles. The fourth-order valence-electron chi connectivity index (χ4n) is 2.19. The summed E-state index contributed by atoms with van der Waals surface area (Å²) in [6.07, 6.45) is 1.09. The van der Waals surface area contributed by atoms with Crippen molar-refractivity contribution in [1.29, 1.82) is 0 Å². The van der Waals surface area contributed by atoms with Crippen molar-refractivity contribution in [3.63, 3.8) is 0 Å². The van der Waals surface area contributed by atoms with E-state index in [2.05, 4.69) is 16.0 Å². The topological polar surface area (TPSA) is 108 Å². The second-order valence-corrected chi connectivity index (χ2v) is 5.68. The molecule has 0 aliphatic rings. The molecule has 0 radical (unpaired) electrons. The molecule has 0 saturated heterocycles. The summed E-state index contributed by atoms with van der Waals surface area (Å²) in [4.78, 5) is 34.5. The molecule has 0 aliphatic carbocycles. The quantitative estimate of drug-likeness (QED) is 0.483. The summed E-state index contributed by atoms with van der Waals surface area (Å²) in [7, 11) is 0. The highest BCUT2D eigenvalue weighted by atomic mass is 35.5. The number of benzene rings is 1. The highest BCUT2D eigenvalue weighted by molar-refractivity contribution is 5.86. The van der Waals surface area contributed by atoms with Crippen molar-refractivity contribution < 1.29 is 23.9 Å². The van der Waals surface area contributed by atoms with E-state index in [1.54, 1.807) is 19.1 Å². The second kappa shape index (κ2) is 12.2. The molecule has 0 heterocycles. The number of hydrogen-bond acceptors (Lipinski definition) is 4. The van der Waals surface area contributed by atoms with Crippen LogP contribution in [0.25, 0.3) is 0 Å². The van der Waals surface area contributed by atoms with Crippen LogP contribution < -0.4 is 16.0 Å². The number of nitrogens with one attached hydrogen (secondary N) is 3. The van der Waals surface area contributed by atoms with Gasteiger partial charge in [-0.25, -0.2) is 4.39 Å². The standard InChI is InChI=1S/C17H24FN3O4.ClH/c1-3-4-14(17(24)25)19-9-15(22)20-10-16(23)21-11(2)12-5-7-13(18)8-6-12;/h5-8,11,14,19H,3-4,9-10H2,1-2H3,(H,20,22)(H,21,23)(H,24,25);1H. The Balaban J connectivity index is 0.00000625. The molecular formula is C17H25ClFN3O4. The third-order valence-electron chi connectivity index (χ3n) is 3.58. The molecule has 1 aromatic rings. The van der Waals surface area contributed by atoms with Crippen molar-refractivity contribution in [1.82, 2.24) is 16.0 Å². The number of carboxylic acids is 1. The number of amides is 2. The van der Waals surface area contributed by atoms with Crippen LogP contribution in [0.2, 0.25) is 0 Å². The zero-order chi connectivity index (χ0) is 18.8. The summed E-state index contributed by atoms with van der Waals surface area (Å²) in [5.41, 5.74) is 0.742. The average Bonchev–Trinajstić information content (AvgIpc) is 2.57. The smallest absolute Gasteiger partial charge is 0.320 e. The van der Waals surface area contributed by atoms with Gasteiger partial charge in [-0.15, -0.1) is 12.4 Å². The van der Waals surface area contributed by atoms with E-state index in [-0.39, 0.29) is 37.4 Å². The number of carboxylic acid groups (broad SMARTS) is 1. The maximum absolute atomic E-state index is 12.9. The molecule has 0 fully saturated rings. The summed E-state index contributed by atoms with van der Waals surface area (Å²) >= 11 is 0. The van der Waals surface area contributed by atoms with Crippen LogP contribution in [-0.4, -0.2) is 42.0 Å². The lowest BCUT2D eigenvalue weighted by Crippen LogP contribution is -2.45. The van der Waals surface area contributed by atoms with Gasteiger partial charge in [-0.3, -0.25) is 19.7 Å². The minimum absolute atomic E-state index is 0. The van der Waals surface area contributed by atoms with Gasteiger partial charge in [0.05, 0.1) is 19.1 Å². The van der Waals surface area contributed by atoms with Crippen LogP contribution in [0.5, 0.6) is 0 Å². The van der Waals surface area contributed by atoms with Crippen LogP contribution in [0.15, 0.2) is 24.3 Å². The van der Waals surface area contributed by atoms with Crippen molar-refractivity contribution in [3.8, 4) is 0 Å². The van der Waals surface area contributed by atoms with Gasteiger partial charge in [0.25, 0.3) is 0 Å². The maximum Gasteiger partial charge on any atom is 0.320 e. The lowest BCUT2D eigenvalue weighted by Gasteiger charge is -2.15. The molecule has 2 amide bonds. The van der Waals surface area contributed by atoms with Gasteiger partial charge in [-0.1, -0.05) is 25.5 Å². The molecule has 2 atom stereocenters. The monoisotopic (exact) mass is 389 g/mol. The number of halogens is 2. The molecule has 0 bridgehead atoms. The van der Waals surface area contributed by atoms with E-state index in [0.29, 0.717) is 12.8 Å². The number of aliphatic carboxylic acids is 1. The molecule has 0 saturated carbocycles. The highest BCUT2D eigenvalue weighted by Crippen LogP contribution is 2.12. The third kappa shape index (κ3) is 8.77. The lowest BCUT2D eigenvalue weighted by atomic mass is 10.1. The van der Waals surface area contributed by atoms with Gasteiger partial charge in [0, 0.05) is 0 Å². The Morgan fingerprint density at radius 3 is 2.27 bits per heavy atom. The average molecular weight is 390 g/mol. The van der Waals surface area contributed by atoms with Crippen LogP contribution in [-0.2, 0) is 14.4 Å². The van der Waals surface area contributed by atoms with Gasteiger partial charge in [-0.2, -0.15) is 0 Å². The minimum Gasteiger partial charge on any atom is -0.480 e. The van der Waals surface area contributed by atoms with Crippen molar-refractivity contribution >= 4 is 30.2 Å². The van der Waals surface area contributed by atoms with E-state index >= 15 is 0 Å². The summed E-state index contributed by atoms with van der Waals surface area (Å²) < 4.78 is 12.9. The SMILES string of the molecule is CCCC(NCC(=O)NCC(=O)NC(C)c1ccc(F)cc1)C(=O)O.Cl. The normalized spacial score (nSPS) is 12.4. The number of hydrogen-bond donors (Lipinski definition) is 4. The van der Waals surface area contributed by atoms with Crippen LogP contribution >= 0.6 is 12.4 Å². The van der Waals surface area contributed by atoms with Crippen molar-refractivity contribution in [2.24, 2.45) is 0 Å². The Hall–Kier alpha value is -2.19. The molecule has 2 unspecified atom stereocenters. The zero-order valence-electron chi connectivity index (χ0n) is 14.8. The molecule has 4 N–H and O–H groups in total. The van der Waals surface area contributed by atoms with Crippen LogP contribution in [0, 0.1) is 5.82 Å². The van der Waals surface area contributed by atoms with E-state index in [1.165, 1.54) is 12.1 Å². The Labute approximate surface area is 158 Å². The summed E-state index contributed by atoms with van der Waals surface area (Å²) in [6.45, 7) is 3.19. The second-order valence-electron chi connectivity index (χ2n) is 5.68. The molecule has 0 aromatic heterocycles.